The quantitative estimate of drug-likeness (QED) is 0.781. The van der Waals surface area contributed by atoms with Crippen LogP contribution in [0.25, 0.3) is 0 Å². The number of nitrogens with two attached hydrogens (primary N) is 1. The first-order chi connectivity index (χ1) is 7.54. The molecular weight excluding hydrogens is 204 g/mol. The van der Waals surface area contributed by atoms with E-state index < -0.39 is 0 Å². The summed E-state index contributed by atoms with van der Waals surface area (Å²) in [6, 6.07) is 1.40. The van der Waals surface area contributed by atoms with Crippen LogP contribution in [0.4, 0.5) is 5.82 Å². The molecule has 0 saturated carbocycles. The van der Waals surface area contributed by atoms with E-state index in [2.05, 4.69) is 15.3 Å². The first-order valence-electron chi connectivity index (χ1n) is 5.39. The first kappa shape index (κ1) is 12.4. The fraction of sp³-hybridized carbons (Fsp3) is 0.545. The second kappa shape index (κ2) is 5.44. The van der Waals surface area contributed by atoms with Crippen molar-refractivity contribution in [2.45, 2.75) is 33.2 Å². The average molecular weight is 222 g/mol. The summed E-state index contributed by atoms with van der Waals surface area (Å²) < 4.78 is 0. The van der Waals surface area contributed by atoms with Gasteiger partial charge >= 0.3 is 0 Å². The van der Waals surface area contributed by atoms with Gasteiger partial charge < -0.3 is 11.1 Å². The Morgan fingerprint density at radius 3 is 2.75 bits per heavy atom. The highest BCUT2D eigenvalue weighted by Gasteiger charge is 2.21. The van der Waals surface area contributed by atoms with Gasteiger partial charge in [-0.3, -0.25) is 4.79 Å². The molecule has 2 atom stereocenters. The summed E-state index contributed by atoms with van der Waals surface area (Å²) in [4.78, 5) is 19.3. The van der Waals surface area contributed by atoms with Crippen LogP contribution < -0.4 is 11.1 Å². The maximum atomic E-state index is 11.3. The van der Waals surface area contributed by atoms with Gasteiger partial charge in [-0.2, -0.15) is 0 Å². The van der Waals surface area contributed by atoms with Crippen molar-refractivity contribution in [3.63, 3.8) is 0 Å². The summed E-state index contributed by atoms with van der Waals surface area (Å²) in [5, 5.41) is 3.04. The molecule has 1 rings (SSSR count). The molecule has 1 heterocycles. The number of primary amides is 1. The molecule has 1 aromatic rings. The zero-order valence-electron chi connectivity index (χ0n) is 9.90. The minimum absolute atomic E-state index is 0.174. The van der Waals surface area contributed by atoms with Gasteiger partial charge in [0.2, 0.25) is 5.91 Å². The minimum Gasteiger partial charge on any atom is -0.368 e. The van der Waals surface area contributed by atoms with E-state index >= 15 is 0 Å². The van der Waals surface area contributed by atoms with Crippen molar-refractivity contribution in [3.05, 3.63) is 18.1 Å². The van der Waals surface area contributed by atoms with Gasteiger partial charge in [0, 0.05) is 11.8 Å². The number of carbonyl (C=O) groups excluding carboxylic acids is 1. The number of aromatic nitrogens is 2. The Hall–Kier alpha value is -1.65. The Kier molecular flexibility index (Phi) is 4.22. The van der Waals surface area contributed by atoms with Crippen LogP contribution in [0.2, 0.25) is 0 Å². The number of anilines is 1. The Morgan fingerprint density at radius 2 is 2.25 bits per heavy atom. The molecule has 0 spiro atoms. The largest absolute Gasteiger partial charge is 0.368 e. The summed E-state index contributed by atoms with van der Waals surface area (Å²) in [6.07, 6.45) is 2.34. The standard InChI is InChI=1S/C11H18N4O/c1-4-7(2)10(11(12)16)15-9-5-8(3)13-6-14-9/h5-7,10H,4H2,1-3H3,(H2,12,16)(H,13,14,15). The van der Waals surface area contributed by atoms with E-state index in [1.54, 1.807) is 6.07 Å². The van der Waals surface area contributed by atoms with E-state index in [9.17, 15) is 4.79 Å². The third-order valence-electron chi connectivity index (χ3n) is 2.63. The number of hydrogen-bond acceptors (Lipinski definition) is 4. The maximum absolute atomic E-state index is 11.3. The zero-order valence-corrected chi connectivity index (χ0v) is 9.90. The smallest absolute Gasteiger partial charge is 0.240 e. The van der Waals surface area contributed by atoms with E-state index in [-0.39, 0.29) is 17.9 Å². The monoisotopic (exact) mass is 222 g/mol. The van der Waals surface area contributed by atoms with Gasteiger partial charge in [-0.15, -0.1) is 0 Å². The molecule has 0 aliphatic heterocycles. The number of aryl methyl sites for hydroxylation is 1. The van der Waals surface area contributed by atoms with Gasteiger partial charge in [0.05, 0.1) is 0 Å². The summed E-state index contributed by atoms with van der Waals surface area (Å²) in [7, 11) is 0. The van der Waals surface area contributed by atoms with Crippen LogP contribution in [0.3, 0.4) is 0 Å². The number of nitrogens with one attached hydrogen (secondary N) is 1. The molecule has 0 fully saturated rings. The number of rotatable bonds is 5. The second-order valence-electron chi connectivity index (χ2n) is 3.95. The predicted molar refractivity (Wildman–Crippen MR) is 62.8 cm³/mol. The Balaban J connectivity index is 2.79. The highest BCUT2D eigenvalue weighted by atomic mass is 16.1. The molecule has 5 nitrogen and oxygen atoms in total. The molecule has 16 heavy (non-hydrogen) atoms. The highest BCUT2D eigenvalue weighted by Crippen LogP contribution is 2.13. The van der Waals surface area contributed by atoms with Crippen molar-refractivity contribution in [3.8, 4) is 0 Å². The van der Waals surface area contributed by atoms with Gasteiger partial charge in [-0.05, 0) is 12.8 Å². The second-order valence-corrected chi connectivity index (χ2v) is 3.95. The van der Waals surface area contributed by atoms with Crippen LogP contribution in [0.5, 0.6) is 0 Å². The molecule has 2 unspecified atom stereocenters. The predicted octanol–water partition coefficient (Wildman–Crippen LogP) is 1.10. The van der Waals surface area contributed by atoms with Crippen molar-refractivity contribution < 1.29 is 4.79 Å². The molecule has 1 aromatic heterocycles. The fourth-order valence-electron chi connectivity index (χ4n) is 1.42. The number of nitrogens with zero attached hydrogens (tertiary/aromatic N) is 2. The summed E-state index contributed by atoms with van der Waals surface area (Å²) >= 11 is 0. The molecule has 1 amide bonds. The number of hydrogen-bond donors (Lipinski definition) is 2. The minimum atomic E-state index is -0.390. The van der Waals surface area contributed by atoms with Crippen molar-refractivity contribution in [1.29, 1.82) is 0 Å². The summed E-state index contributed by atoms with van der Waals surface area (Å²) in [6.45, 7) is 5.87. The van der Waals surface area contributed by atoms with Crippen molar-refractivity contribution in [2.75, 3.05) is 5.32 Å². The molecule has 88 valence electrons. The zero-order chi connectivity index (χ0) is 12.1. The molecule has 3 N–H and O–H groups in total. The van der Waals surface area contributed by atoms with Crippen LogP contribution >= 0.6 is 0 Å². The Morgan fingerprint density at radius 1 is 1.56 bits per heavy atom. The van der Waals surface area contributed by atoms with Crippen LogP contribution in [-0.2, 0) is 4.79 Å². The van der Waals surface area contributed by atoms with Crippen molar-refractivity contribution >= 4 is 11.7 Å². The third-order valence-corrected chi connectivity index (χ3v) is 2.63. The van der Waals surface area contributed by atoms with E-state index in [0.29, 0.717) is 5.82 Å². The lowest BCUT2D eigenvalue weighted by Crippen LogP contribution is -2.40. The van der Waals surface area contributed by atoms with E-state index in [0.717, 1.165) is 12.1 Å². The lowest BCUT2D eigenvalue weighted by Gasteiger charge is -2.21. The molecule has 0 aliphatic rings. The van der Waals surface area contributed by atoms with E-state index in [4.69, 9.17) is 5.73 Å². The lowest BCUT2D eigenvalue weighted by molar-refractivity contribution is -0.119. The van der Waals surface area contributed by atoms with Crippen molar-refractivity contribution in [2.24, 2.45) is 11.7 Å². The van der Waals surface area contributed by atoms with Crippen LogP contribution in [0.1, 0.15) is 26.0 Å². The highest BCUT2D eigenvalue weighted by molar-refractivity contribution is 5.82. The normalized spacial score (nSPS) is 14.2. The molecule has 5 heteroatoms. The van der Waals surface area contributed by atoms with Gasteiger partial charge in [0.1, 0.15) is 18.2 Å². The van der Waals surface area contributed by atoms with E-state index in [1.807, 2.05) is 20.8 Å². The number of amides is 1. The molecule has 0 bridgehead atoms. The molecule has 0 aliphatic carbocycles. The average Bonchev–Trinajstić information content (AvgIpc) is 2.24. The first-order valence-corrected chi connectivity index (χ1v) is 5.39. The van der Waals surface area contributed by atoms with Crippen LogP contribution in [0, 0.1) is 12.8 Å². The van der Waals surface area contributed by atoms with Crippen LogP contribution in [0.15, 0.2) is 12.4 Å². The van der Waals surface area contributed by atoms with Crippen LogP contribution in [-0.4, -0.2) is 21.9 Å². The van der Waals surface area contributed by atoms with Crippen molar-refractivity contribution in [1.82, 2.24) is 9.97 Å². The van der Waals surface area contributed by atoms with E-state index in [1.165, 1.54) is 6.33 Å². The molecule has 0 radical (unpaired) electrons. The topological polar surface area (TPSA) is 80.9 Å². The summed E-state index contributed by atoms with van der Waals surface area (Å²) in [5.41, 5.74) is 6.21. The fourth-order valence-corrected chi connectivity index (χ4v) is 1.42. The Labute approximate surface area is 95.5 Å². The Bertz CT molecular complexity index is 367. The maximum Gasteiger partial charge on any atom is 0.240 e. The van der Waals surface area contributed by atoms with Gasteiger partial charge in [0.25, 0.3) is 0 Å². The van der Waals surface area contributed by atoms with Gasteiger partial charge in [0.15, 0.2) is 0 Å². The third kappa shape index (κ3) is 3.18. The van der Waals surface area contributed by atoms with Gasteiger partial charge in [-0.25, -0.2) is 9.97 Å². The lowest BCUT2D eigenvalue weighted by atomic mass is 9.99. The van der Waals surface area contributed by atoms with Gasteiger partial charge in [-0.1, -0.05) is 20.3 Å². The number of carbonyl (C=O) groups is 1. The SMILES string of the molecule is CCC(C)C(Nc1cc(C)ncn1)C(N)=O. The molecule has 0 saturated heterocycles. The summed E-state index contributed by atoms with van der Waals surface area (Å²) in [5.74, 6) is 0.454. The molecule has 0 aromatic carbocycles. The molecular formula is C11H18N4O.